The van der Waals surface area contributed by atoms with E-state index in [2.05, 4.69) is 25.6 Å². The number of nitrogens with zero attached hydrogens (tertiary/aromatic N) is 3. The Labute approximate surface area is 178 Å². The Kier molecular flexibility index (Phi) is 5.57. The number of carbonyl (C=O) groups excluding carboxylic acids is 1. The zero-order chi connectivity index (χ0) is 21.3. The minimum Gasteiger partial charge on any atom is -0.493 e. The molecule has 8 nitrogen and oxygen atoms in total. The number of hydrogen-bond acceptors (Lipinski definition) is 7. The molecule has 1 saturated carbocycles. The molecule has 0 spiro atoms. The first-order valence-corrected chi connectivity index (χ1v) is 10.8. The molecule has 0 bridgehead atoms. The van der Waals surface area contributed by atoms with Crippen molar-refractivity contribution in [2.24, 2.45) is 5.92 Å². The van der Waals surface area contributed by atoms with Crippen LogP contribution in [-0.4, -0.2) is 39.2 Å². The van der Waals surface area contributed by atoms with Crippen LogP contribution in [0, 0.1) is 5.92 Å². The Hall–Kier alpha value is -2.78. The lowest BCUT2D eigenvalue weighted by Crippen LogP contribution is -2.28. The lowest BCUT2D eigenvalue weighted by atomic mass is 10.1. The Morgan fingerprint density at radius 1 is 1.30 bits per heavy atom. The minimum atomic E-state index is -1.11. The van der Waals surface area contributed by atoms with Gasteiger partial charge < -0.3 is 15.2 Å². The number of urea groups is 1. The van der Waals surface area contributed by atoms with Gasteiger partial charge in [-0.05, 0) is 45.6 Å². The molecule has 1 aliphatic carbocycles. The number of rotatable bonds is 7. The molecule has 2 amide bonds. The third-order valence-electron chi connectivity index (χ3n) is 4.73. The number of aromatic nitrogens is 3. The highest BCUT2D eigenvalue weighted by atomic mass is 32.1. The zero-order valence-corrected chi connectivity index (χ0v) is 18.0. The lowest BCUT2D eigenvalue weighted by molar-refractivity contribution is 0.0687. The van der Waals surface area contributed by atoms with Crippen LogP contribution in [0.4, 0.5) is 9.93 Å². The Morgan fingerprint density at radius 2 is 2.03 bits per heavy atom. The van der Waals surface area contributed by atoms with Crippen LogP contribution >= 0.6 is 11.3 Å². The first kappa shape index (κ1) is 20.5. The summed E-state index contributed by atoms with van der Waals surface area (Å²) in [6, 6.07) is 3.61. The maximum absolute atomic E-state index is 11.8. The molecule has 30 heavy (non-hydrogen) atoms. The average Bonchev–Trinajstić information content (AvgIpc) is 3.44. The molecule has 0 atom stereocenters. The number of benzene rings is 1. The van der Waals surface area contributed by atoms with Gasteiger partial charge in [-0.15, -0.1) is 0 Å². The summed E-state index contributed by atoms with van der Waals surface area (Å²) in [6.45, 7) is 6.37. The van der Waals surface area contributed by atoms with Gasteiger partial charge >= 0.3 is 6.03 Å². The van der Waals surface area contributed by atoms with Gasteiger partial charge in [-0.1, -0.05) is 11.3 Å². The SMILES string of the molecule is CCNC(=O)Nc1nc2cc(-c3cnc(C(C)(C)O)nc3)c(OCC3CC3)cc2s1. The van der Waals surface area contributed by atoms with Crippen molar-refractivity contribution in [3.63, 3.8) is 0 Å². The van der Waals surface area contributed by atoms with Gasteiger partial charge in [-0.3, -0.25) is 5.32 Å². The van der Waals surface area contributed by atoms with E-state index in [0.29, 0.717) is 30.0 Å². The Morgan fingerprint density at radius 3 is 2.67 bits per heavy atom. The number of fused-ring (bicyclic) bond motifs is 1. The zero-order valence-electron chi connectivity index (χ0n) is 17.2. The molecule has 3 N–H and O–H groups in total. The number of anilines is 1. The van der Waals surface area contributed by atoms with Crippen molar-refractivity contribution >= 4 is 32.7 Å². The van der Waals surface area contributed by atoms with Crippen molar-refractivity contribution in [3.05, 3.63) is 30.4 Å². The van der Waals surface area contributed by atoms with Crippen LogP contribution in [-0.2, 0) is 5.60 Å². The molecule has 3 aromatic rings. The minimum absolute atomic E-state index is 0.280. The van der Waals surface area contributed by atoms with Gasteiger partial charge in [0, 0.05) is 36.1 Å². The fourth-order valence-corrected chi connectivity index (χ4v) is 3.80. The van der Waals surface area contributed by atoms with E-state index >= 15 is 0 Å². The molecular weight excluding hydrogens is 402 g/mol. The van der Waals surface area contributed by atoms with E-state index in [0.717, 1.165) is 27.1 Å². The predicted molar refractivity (Wildman–Crippen MR) is 117 cm³/mol. The molecule has 0 aliphatic heterocycles. The smallest absolute Gasteiger partial charge is 0.321 e. The van der Waals surface area contributed by atoms with Crippen molar-refractivity contribution in [2.75, 3.05) is 18.5 Å². The summed E-state index contributed by atoms with van der Waals surface area (Å²) in [6.07, 6.45) is 5.77. The Bertz CT molecular complexity index is 1050. The lowest BCUT2D eigenvalue weighted by Gasteiger charge is -2.16. The first-order valence-electron chi connectivity index (χ1n) is 10.0. The monoisotopic (exact) mass is 427 g/mol. The van der Waals surface area contributed by atoms with Crippen LogP contribution in [0.15, 0.2) is 24.5 Å². The fraction of sp³-hybridized carbons (Fsp3) is 0.429. The largest absolute Gasteiger partial charge is 0.493 e. The highest BCUT2D eigenvalue weighted by molar-refractivity contribution is 7.22. The summed E-state index contributed by atoms with van der Waals surface area (Å²) in [7, 11) is 0. The first-order chi connectivity index (χ1) is 14.3. The Balaban J connectivity index is 1.69. The number of ether oxygens (including phenoxy) is 1. The molecule has 0 unspecified atom stereocenters. The van der Waals surface area contributed by atoms with Crippen LogP contribution in [0.25, 0.3) is 21.3 Å². The summed E-state index contributed by atoms with van der Waals surface area (Å²) in [5, 5.41) is 16.1. The van der Waals surface area contributed by atoms with E-state index in [1.807, 2.05) is 19.1 Å². The third kappa shape index (κ3) is 4.68. The van der Waals surface area contributed by atoms with E-state index in [-0.39, 0.29) is 6.03 Å². The molecule has 0 saturated heterocycles. The molecule has 4 rings (SSSR count). The molecule has 0 radical (unpaired) electrons. The summed E-state index contributed by atoms with van der Waals surface area (Å²) < 4.78 is 7.05. The fourth-order valence-electron chi connectivity index (χ4n) is 2.93. The van der Waals surface area contributed by atoms with Crippen molar-refractivity contribution in [1.29, 1.82) is 0 Å². The predicted octanol–water partition coefficient (Wildman–Crippen LogP) is 3.91. The molecule has 9 heteroatoms. The normalized spacial score (nSPS) is 14.0. The van der Waals surface area contributed by atoms with Crippen molar-refractivity contribution in [2.45, 2.75) is 39.2 Å². The standard InChI is InChI=1S/C21H25N5O3S/c1-4-22-19(27)26-20-25-15-7-14(13-9-23-18(24-10-13)21(2,3)28)16(8-17(15)30-20)29-11-12-5-6-12/h7-10,12,28H,4-6,11H2,1-3H3,(H2,22,25,26,27). The molecule has 2 heterocycles. The van der Waals surface area contributed by atoms with Crippen LogP contribution in [0.1, 0.15) is 39.4 Å². The summed E-state index contributed by atoms with van der Waals surface area (Å²) >= 11 is 1.40. The molecule has 1 fully saturated rings. The van der Waals surface area contributed by atoms with Crippen molar-refractivity contribution in [1.82, 2.24) is 20.3 Å². The van der Waals surface area contributed by atoms with Gasteiger partial charge in [-0.25, -0.2) is 19.7 Å². The molecule has 2 aromatic heterocycles. The van der Waals surface area contributed by atoms with Crippen LogP contribution in [0.5, 0.6) is 5.75 Å². The second kappa shape index (κ2) is 8.16. The quantitative estimate of drug-likeness (QED) is 0.527. The number of carbonyl (C=O) groups is 1. The van der Waals surface area contributed by atoms with Crippen LogP contribution in [0.3, 0.4) is 0 Å². The van der Waals surface area contributed by atoms with Gasteiger partial charge in [0.05, 0.1) is 16.8 Å². The maximum atomic E-state index is 11.8. The van der Waals surface area contributed by atoms with E-state index in [1.54, 1.807) is 26.2 Å². The molecule has 1 aromatic carbocycles. The second-order valence-corrected chi connectivity index (χ2v) is 8.96. The molecular formula is C21H25N5O3S. The van der Waals surface area contributed by atoms with Gasteiger partial charge in [0.1, 0.15) is 11.4 Å². The number of aliphatic hydroxyl groups is 1. The van der Waals surface area contributed by atoms with Crippen LogP contribution in [0.2, 0.25) is 0 Å². The second-order valence-electron chi connectivity index (χ2n) is 7.93. The van der Waals surface area contributed by atoms with E-state index < -0.39 is 5.60 Å². The van der Waals surface area contributed by atoms with Crippen LogP contribution < -0.4 is 15.4 Å². The van der Waals surface area contributed by atoms with Gasteiger partial charge in [0.25, 0.3) is 0 Å². The van der Waals surface area contributed by atoms with Gasteiger partial charge in [0.2, 0.25) is 0 Å². The number of hydrogen-bond donors (Lipinski definition) is 3. The molecule has 1 aliphatic rings. The highest BCUT2D eigenvalue weighted by Crippen LogP contribution is 2.39. The third-order valence-corrected chi connectivity index (χ3v) is 5.66. The van der Waals surface area contributed by atoms with Gasteiger partial charge in [0.15, 0.2) is 11.0 Å². The highest BCUT2D eigenvalue weighted by Gasteiger charge is 2.24. The summed E-state index contributed by atoms with van der Waals surface area (Å²) in [4.78, 5) is 25.0. The number of nitrogens with one attached hydrogen (secondary N) is 2. The summed E-state index contributed by atoms with van der Waals surface area (Å²) in [5.41, 5.74) is 1.26. The summed E-state index contributed by atoms with van der Waals surface area (Å²) in [5.74, 6) is 1.70. The van der Waals surface area contributed by atoms with E-state index in [9.17, 15) is 9.90 Å². The number of thiazole rings is 1. The topological polar surface area (TPSA) is 109 Å². The number of amides is 2. The average molecular weight is 428 g/mol. The maximum Gasteiger partial charge on any atom is 0.321 e. The van der Waals surface area contributed by atoms with Crippen molar-refractivity contribution < 1.29 is 14.6 Å². The molecule has 158 valence electrons. The van der Waals surface area contributed by atoms with E-state index in [1.165, 1.54) is 24.2 Å². The van der Waals surface area contributed by atoms with Gasteiger partial charge in [-0.2, -0.15) is 0 Å². The van der Waals surface area contributed by atoms with E-state index in [4.69, 9.17) is 4.74 Å². The van der Waals surface area contributed by atoms with Crippen molar-refractivity contribution in [3.8, 4) is 16.9 Å².